The maximum atomic E-state index is 13.0. The normalized spacial score (nSPS) is 38.6. The second-order valence-electron chi connectivity index (χ2n) is 10.6. The molecule has 4 heterocycles. The highest BCUT2D eigenvalue weighted by Gasteiger charge is 2.84. The molecule has 6 atom stereocenters. The molecule has 182 valence electrons. The molecule has 34 heavy (non-hydrogen) atoms. The molecular formula is C26H30O8. The molecule has 5 rings (SSSR count). The summed E-state index contributed by atoms with van der Waals surface area (Å²) in [6.07, 6.45) is 8.15. The monoisotopic (exact) mass is 470 g/mol. The van der Waals surface area contributed by atoms with Crippen LogP contribution in [0.1, 0.15) is 65.5 Å². The van der Waals surface area contributed by atoms with Gasteiger partial charge in [-0.1, -0.05) is 25.2 Å². The molecule has 2 fully saturated rings. The topological polar surface area (TPSA) is 105 Å². The molecule has 0 aromatic carbocycles. The lowest BCUT2D eigenvalue weighted by Gasteiger charge is -2.54. The molecule has 3 aliphatic heterocycles. The molecule has 0 amide bonds. The van der Waals surface area contributed by atoms with Gasteiger partial charge in [0.1, 0.15) is 23.4 Å². The van der Waals surface area contributed by atoms with Gasteiger partial charge in [-0.2, -0.15) is 0 Å². The van der Waals surface area contributed by atoms with Gasteiger partial charge in [0, 0.05) is 24.3 Å². The lowest BCUT2D eigenvalue weighted by molar-refractivity contribution is -0.182. The van der Waals surface area contributed by atoms with Crippen molar-refractivity contribution in [2.45, 2.75) is 83.4 Å². The standard InChI is InChI=1S/C26H30O8/c1-15(27)31-18(13-17-7-8-19(28)33-23(17,2)3)24(4)10-6-11-25(5)20(16-9-12-30-14-16)32-22(29)21-26(24,25)34-21/h6-7,9-10,12,14,18,20-21H,8,11,13H2,1-5H3. The summed E-state index contributed by atoms with van der Waals surface area (Å²) in [4.78, 5) is 37.2. The predicted octanol–water partition coefficient (Wildman–Crippen LogP) is 3.96. The number of allylic oxidation sites excluding steroid dienone is 1. The van der Waals surface area contributed by atoms with Gasteiger partial charge >= 0.3 is 17.9 Å². The van der Waals surface area contributed by atoms with Gasteiger partial charge < -0.3 is 23.4 Å². The summed E-state index contributed by atoms with van der Waals surface area (Å²) in [5.41, 5.74) is -1.64. The minimum atomic E-state index is -0.942. The number of furan rings is 1. The lowest BCUT2D eigenvalue weighted by Crippen LogP contribution is -2.62. The molecule has 0 N–H and O–H groups in total. The molecule has 4 aliphatic rings. The van der Waals surface area contributed by atoms with E-state index in [2.05, 4.69) is 6.92 Å². The first kappa shape index (κ1) is 22.9. The van der Waals surface area contributed by atoms with Crippen LogP contribution in [0.2, 0.25) is 0 Å². The maximum absolute atomic E-state index is 13.0. The van der Waals surface area contributed by atoms with Gasteiger partial charge in [0.05, 0.1) is 24.4 Å². The van der Waals surface area contributed by atoms with Crippen LogP contribution in [0.4, 0.5) is 0 Å². The van der Waals surface area contributed by atoms with Crippen LogP contribution in [0.3, 0.4) is 0 Å². The van der Waals surface area contributed by atoms with Crippen molar-refractivity contribution in [2.75, 3.05) is 0 Å². The Balaban J connectivity index is 1.59. The molecule has 8 nitrogen and oxygen atoms in total. The quantitative estimate of drug-likeness (QED) is 0.276. The highest BCUT2D eigenvalue weighted by atomic mass is 16.7. The summed E-state index contributed by atoms with van der Waals surface area (Å²) in [7, 11) is 0. The number of cyclic esters (lactones) is 2. The van der Waals surface area contributed by atoms with Gasteiger partial charge in [-0.05, 0) is 38.8 Å². The van der Waals surface area contributed by atoms with Gasteiger partial charge in [0.25, 0.3) is 0 Å². The van der Waals surface area contributed by atoms with Crippen molar-refractivity contribution in [3.8, 4) is 0 Å². The van der Waals surface area contributed by atoms with Crippen molar-refractivity contribution >= 4 is 17.9 Å². The molecule has 2 saturated heterocycles. The third kappa shape index (κ3) is 3.04. The Labute approximate surface area is 198 Å². The van der Waals surface area contributed by atoms with Crippen LogP contribution in [0.5, 0.6) is 0 Å². The van der Waals surface area contributed by atoms with Crippen molar-refractivity contribution in [3.63, 3.8) is 0 Å². The Hall–Kier alpha value is -2.87. The highest BCUT2D eigenvalue weighted by Crippen LogP contribution is 2.72. The van der Waals surface area contributed by atoms with Crippen molar-refractivity contribution in [3.05, 3.63) is 48.0 Å². The summed E-state index contributed by atoms with van der Waals surface area (Å²) in [6, 6.07) is 1.79. The number of carbonyl (C=O) groups excluding carboxylic acids is 3. The van der Waals surface area contributed by atoms with Crippen LogP contribution < -0.4 is 0 Å². The van der Waals surface area contributed by atoms with E-state index in [1.54, 1.807) is 18.6 Å². The Morgan fingerprint density at radius 2 is 1.97 bits per heavy atom. The summed E-state index contributed by atoms with van der Waals surface area (Å²) in [5, 5.41) is 0. The number of rotatable bonds is 5. The Morgan fingerprint density at radius 1 is 1.21 bits per heavy atom. The SMILES string of the molecule is CC(=O)OC(CC1=CCC(=O)OC1(C)C)C1(C)C=CCC2(C)C(c3ccoc3)OC(=O)C3OC312. The van der Waals surface area contributed by atoms with E-state index < -0.39 is 52.3 Å². The molecule has 1 aliphatic carbocycles. The fourth-order valence-electron chi connectivity index (χ4n) is 6.41. The summed E-state index contributed by atoms with van der Waals surface area (Å²) in [6.45, 7) is 9.04. The number of carbonyl (C=O) groups is 3. The first-order valence-corrected chi connectivity index (χ1v) is 11.6. The minimum Gasteiger partial charge on any atom is -0.472 e. The molecular weight excluding hydrogens is 440 g/mol. The first-order valence-electron chi connectivity index (χ1n) is 11.6. The minimum absolute atomic E-state index is 0.162. The van der Waals surface area contributed by atoms with E-state index in [1.807, 2.05) is 39.0 Å². The summed E-state index contributed by atoms with van der Waals surface area (Å²) >= 11 is 0. The van der Waals surface area contributed by atoms with Gasteiger partial charge in [0.2, 0.25) is 0 Å². The van der Waals surface area contributed by atoms with Crippen LogP contribution in [-0.4, -0.2) is 41.3 Å². The van der Waals surface area contributed by atoms with Crippen molar-refractivity contribution < 1.29 is 37.7 Å². The Morgan fingerprint density at radius 3 is 2.62 bits per heavy atom. The molecule has 0 bridgehead atoms. The smallest absolute Gasteiger partial charge is 0.339 e. The van der Waals surface area contributed by atoms with E-state index in [9.17, 15) is 14.4 Å². The molecule has 0 saturated carbocycles. The zero-order valence-electron chi connectivity index (χ0n) is 20.1. The summed E-state index contributed by atoms with van der Waals surface area (Å²) in [5.74, 6) is -1.16. The Bertz CT molecular complexity index is 1100. The molecule has 1 spiro atoms. The van der Waals surface area contributed by atoms with E-state index in [1.165, 1.54) is 6.92 Å². The molecule has 1 aromatic rings. The molecule has 6 unspecified atom stereocenters. The number of esters is 3. The second kappa shape index (κ2) is 7.31. The largest absolute Gasteiger partial charge is 0.472 e. The van der Waals surface area contributed by atoms with E-state index in [0.29, 0.717) is 12.8 Å². The van der Waals surface area contributed by atoms with Crippen molar-refractivity contribution in [1.29, 1.82) is 0 Å². The third-order valence-electron chi connectivity index (χ3n) is 8.18. The Kier molecular flexibility index (Phi) is 4.93. The highest BCUT2D eigenvalue weighted by molar-refractivity contribution is 5.83. The third-order valence-corrected chi connectivity index (χ3v) is 8.18. The van der Waals surface area contributed by atoms with Crippen LogP contribution in [0.25, 0.3) is 0 Å². The van der Waals surface area contributed by atoms with Gasteiger partial charge in [-0.3, -0.25) is 9.59 Å². The average Bonchev–Trinajstić information content (AvgIpc) is 3.31. The first-order chi connectivity index (χ1) is 15.9. The van der Waals surface area contributed by atoms with Crippen molar-refractivity contribution in [2.24, 2.45) is 10.8 Å². The van der Waals surface area contributed by atoms with E-state index >= 15 is 0 Å². The van der Waals surface area contributed by atoms with Gasteiger partial charge in [0.15, 0.2) is 6.10 Å². The van der Waals surface area contributed by atoms with Gasteiger partial charge in [-0.25, -0.2) is 4.79 Å². The number of ether oxygens (including phenoxy) is 4. The van der Waals surface area contributed by atoms with Crippen LogP contribution in [-0.2, 0) is 33.3 Å². The van der Waals surface area contributed by atoms with Crippen molar-refractivity contribution in [1.82, 2.24) is 0 Å². The zero-order chi connectivity index (χ0) is 24.5. The van der Waals surface area contributed by atoms with Crippen LogP contribution in [0.15, 0.2) is 46.8 Å². The fraction of sp³-hybridized carbons (Fsp3) is 0.577. The molecule has 1 aromatic heterocycles. The number of hydrogen-bond donors (Lipinski definition) is 0. The van der Waals surface area contributed by atoms with E-state index in [4.69, 9.17) is 23.4 Å². The van der Waals surface area contributed by atoms with Crippen LogP contribution in [0, 0.1) is 10.8 Å². The number of epoxide rings is 1. The fourth-order valence-corrected chi connectivity index (χ4v) is 6.41. The zero-order valence-corrected chi connectivity index (χ0v) is 20.1. The average molecular weight is 471 g/mol. The second-order valence-corrected chi connectivity index (χ2v) is 10.6. The lowest BCUT2D eigenvalue weighted by atomic mass is 9.51. The van der Waals surface area contributed by atoms with E-state index in [-0.39, 0.29) is 12.4 Å². The summed E-state index contributed by atoms with van der Waals surface area (Å²) < 4.78 is 29.0. The number of hydrogen-bond acceptors (Lipinski definition) is 8. The van der Waals surface area contributed by atoms with Crippen LogP contribution >= 0.6 is 0 Å². The van der Waals surface area contributed by atoms with Gasteiger partial charge in [-0.15, -0.1) is 0 Å². The van der Waals surface area contributed by atoms with E-state index in [0.717, 1.165) is 11.1 Å². The predicted molar refractivity (Wildman–Crippen MR) is 118 cm³/mol. The molecule has 0 radical (unpaired) electrons. The molecule has 8 heteroatoms. The maximum Gasteiger partial charge on any atom is 0.339 e.